The maximum Gasteiger partial charge on any atom is 0.251 e. The van der Waals surface area contributed by atoms with Crippen molar-refractivity contribution in [3.8, 4) is 0 Å². The van der Waals surface area contributed by atoms with Crippen LogP contribution in [0.4, 0.5) is 0 Å². The lowest BCUT2D eigenvalue weighted by Crippen LogP contribution is -2.54. The highest BCUT2D eigenvalue weighted by Crippen LogP contribution is 2.31. The number of hydrogen-bond acceptors (Lipinski definition) is 3. The third-order valence-corrected chi connectivity index (χ3v) is 5.20. The molecule has 5 heteroatoms. The summed E-state index contributed by atoms with van der Waals surface area (Å²) in [5.74, 6) is -0.195. The van der Waals surface area contributed by atoms with Crippen LogP contribution < -0.4 is 5.32 Å². The Labute approximate surface area is 143 Å². The lowest BCUT2D eigenvalue weighted by atomic mass is 9.92. The number of hydrogen-bond donors (Lipinski definition) is 1. The summed E-state index contributed by atoms with van der Waals surface area (Å²) in [6, 6.07) is 7.72. The molecular weight excluding hydrogens is 304 g/mol. The van der Waals surface area contributed by atoms with Gasteiger partial charge in [0.1, 0.15) is 6.61 Å². The normalized spacial score (nSPS) is 25.6. The number of aryl methyl sites for hydroxylation is 1. The topological polar surface area (TPSA) is 58.6 Å². The van der Waals surface area contributed by atoms with Gasteiger partial charge in [-0.05, 0) is 30.9 Å². The zero-order chi connectivity index (χ0) is 17.1. The van der Waals surface area contributed by atoms with E-state index in [0.717, 1.165) is 36.8 Å². The number of ether oxygens (including phenoxy) is 1. The minimum absolute atomic E-state index is 0.0400. The molecule has 1 heterocycles. The molecule has 0 spiro atoms. The molecule has 0 aromatic heterocycles. The molecule has 1 saturated carbocycles. The zero-order valence-corrected chi connectivity index (χ0v) is 14.5. The fraction of sp³-hybridized carbons (Fsp3) is 0.579. The maximum absolute atomic E-state index is 12.8. The summed E-state index contributed by atoms with van der Waals surface area (Å²) in [6.07, 6.45) is 4.97. The average Bonchev–Trinajstić information content (AvgIpc) is 2.59. The molecular formula is C19H26N2O3. The summed E-state index contributed by atoms with van der Waals surface area (Å²) in [4.78, 5) is 26.6. The van der Waals surface area contributed by atoms with Gasteiger partial charge in [0.15, 0.2) is 6.10 Å². The number of nitrogens with zero attached hydrogens (tertiary/aromatic N) is 1. The van der Waals surface area contributed by atoms with E-state index in [2.05, 4.69) is 5.32 Å². The van der Waals surface area contributed by atoms with Crippen molar-refractivity contribution >= 4 is 11.8 Å². The first-order valence-corrected chi connectivity index (χ1v) is 8.81. The van der Waals surface area contributed by atoms with Gasteiger partial charge in [-0.2, -0.15) is 0 Å². The number of amides is 2. The largest absolute Gasteiger partial charge is 0.356 e. The second kappa shape index (κ2) is 7.34. The first kappa shape index (κ1) is 17.0. The molecule has 1 N–H and O–H groups in total. The summed E-state index contributed by atoms with van der Waals surface area (Å²) in [5, 5.41) is 3.14. The van der Waals surface area contributed by atoms with Crippen molar-refractivity contribution in [1.29, 1.82) is 0 Å². The van der Waals surface area contributed by atoms with Crippen LogP contribution in [0.15, 0.2) is 24.3 Å². The molecule has 3 rings (SSSR count). The molecule has 24 heavy (non-hydrogen) atoms. The molecule has 2 atom stereocenters. The number of rotatable bonds is 3. The van der Waals surface area contributed by atoms with Gasteiger partial charge in [0.25, 0.3) is 5.91 Å². The second-order valence-electron chi connectivity index (χ2n) is 6.88. The lowest BCUT2D eigenvalue weighted by molar-refractivity contribution is -0.162. The van der Waals surface area contributed by atoms with Crippen molar-refractivity contribution in [3.05, 3.63) is 35.4 Å². The average molecular weight is 330 g/mol. The van der Waals surface area contributed by atoms with Crippen LogP contribution in [0.5, 0.6) is 0 Å². The van der Waals surface area contributed by atoms with Crippen LogP contribution in [0.3, 0.4) is 0 Å². The van der Waals surface area contributed by atoms with Crippen LogP contribution in [-0.2, 0) is 14.3 Å². The van der Waals surface area contributed by atoms with Crippen LogP contribution in [0, 0.1) is 6.92 Å². The second-order valence-corrected chi connectivity index (χ2v) is 6.88. The molecule has 1 saturated heterocycles. The zero-order valence-electron chi connectivity index (χ0n) is 14.5. The molecule has 5 nitrogen and oxygen atoms in total. The van der Waals surface area contributed by atoms with Gasteiger partial charge in [-0.3, -0.25) is 9.59 Å². The van der Waals surface area contributed by atoms with Crippen LogP contribution in [0.25, 0.3) is 0 Å². The van der Waals surface area contributed by atoms with Gasteiger partial charge in [0.2, 0.25) is 5.91 Å². The molecule has 0 unspecified atom stereocenters. The van der Waals surface area contributed by atoms with E-state index in [1.807, 2.05) is 31.2 Å². The van der Waals surface area contributed by atoms with Crippen LogP contribution >= 0.6 is 0 Å². The van der Waals surface area contributed by atoms with Gasteiger partial charge < -0.3 is 15.0 Å². The van der Waals surface area contributed by atoms with Crippen LogP contribution in [0.2, 0.25) is 0 Å². The molecule has 0 bridgehead atoms. The van der Waals surface area contributed by atoms with Gasteiger partial charge in [-0.25, -0.2) is 0 Å². The molecule has 130 valence electrons. The number of likely N-dealkylation sites (N-methyl/N-ethyl adjacent to an activating group) is 1. The number of carbonyl (C=O) groups excluding carboxylic acids is 2. The van der Waals surface area contributed by atoms with E-state index in [1.54, 1.807) is 11.9 Å². The van der Waals surface area contributed by atoms with Gasteiger partial charge in [-0.15, -0.1) is 0 Å². The monoisotopic (exact) mass is 330 g/mol. The fourth-order valence-corrected chi connectivity index (χ4v) is 3.75. The molecule has 1 aliphatic heterocycles. The third kappa shape index (κ3) is 3.46. The number of carbonyl (C=O) groups is 2. The lowest BCUT2D eigenvalue weighted by Gasteiger charge is -2.39. The summed E-state index contributed by atoms with van der Waals surface area (Å²) >= 11 is 0. The van der Waals surface area contributed by atoms with E-state index >= 15 is 0 Å². The Balaban J connectivity index is 1.82. The van der Waals surface area contributed by atoms with Crippen molar-refractivity contribution in [2.75, 3.05) is 13.7 Å². The first-order chi connectivity index (χ1) is 11.6. The summed E-state index contributed by atoms with van der Waals surface area (Å²) < 4.78 is 5.68. The minimum atomic E-state index is -0.657. The van der Waals surface area contributed by atoms with E-state index in [9.17, 15) is 9.59 Å². The number of benzene rings is 1. The SMILES string of the molecule is Cc1ccccc1[C@@H]1[C@@H](C(=O)NC2CCCCC2)OCC(=O)N1C. The quantitative estimate of drug-likeness (QED) is 0.925. The predicted octanol–water partition coefficient (Wildman–Crippen LogP) is 2.34. The van der Waals surface area contributed by atoms with Crippen molar-refractivity contribution in [3.63, 3.8) is 0 Å². The van der Waals surface area contributed by atoms with Crippen LogP contribution in [-0.4, -0.2) is 42.5 Å². The molecule has 1 aromatic carbocycles. The molecule has 1 aromatic rings. The Morgan fingerprint density at radius 3 is 2.62 bits per heavy atom. The predicted molar refractivity (Wildman–Crippen MR) is 91.4 cm³/mol. The van der Waals surface area contributed by atoms with Crippen LogP contribution in [0.1, 0.15) is 49.3 Å². The fourth-order valence-electron chi connectivity index (χ4n) is 3.75. The molecule has 1 aliphatic carbocycles. The molecule has 0 radical (unpaired) electrons. The van der Waals surface area contributed by atoms with Crippen molar-refractivity contribution in [2.24, 2.45) is 0 Å². The Kier molecular flexibility index (Phi) is 5.19. The molecule has 2 amide bonds. The van der Waals surface area contributed by atoms with Gasteiger partial charge in [-0.1, -0.05) is 43.5 Å². The van der Waals surface area contributed by atoms with E-state index < -0.39 is 6.10 Å². The highest BCUT2D eigenvalue weighted by Gasteiger charge is 2.41. The highest BCUT2D eigenvalue weighted by molar-refractivity contribution is 5.86. The van der Waals surface area contributed by atoms with Crippen molar-refractivity contribution in [1.82, 2.24) is 10.2 Å². The standard InChI is InChI=1S/C19H26N2O3/c1-13-8-6-7-11-15(13)17-18(24-12-16(22)21(17)2)19(23)20-14-9-4-3-5-10-14/h6-8,11,14,17-18H,3-5,9-10,12H2,1-2H3,(H,20,23)/t17-,18+/m1/s1. The van der Waals surface area contributed by atoms with Gasteiger partial charge in [0.05, 0.1) is 6.04 Å². The molecule has 2 aliphatic rings. The van der Waals surface area contributed by atoms with E-state index in [0.29, 0.717) is 0 Å². The number of nitrogens with one attached hydrogen (secondary N) is 1. The number of morpholine rings is 1. The maximum atomic E-state index is 12.8. The van der Waals surface area contributed by atoms with E-state index in [4.69, 9.17) is 4.74 Å². The minimum Gasteiger partial charge on any atom is -0.356 e. The Morgan fingerprint density at radius 2 is 1.92 bits per heavy atom. The van der Waals surface area contributed by atoms with Crippen molar-refractivity contribution < 1.29 is 14.3 Å². The van der Waals surface area contributed by atoms with E-state index in [1.165, 1.54) is 6.42 Å². The smallest absolute Gasteiger partial charge is 0.251 e. The summed E-state index contributed by atoms with van der Waals surface area (Å²) in [5.41, 5.74) is 2.03. The van der Waals surface area contributed by atoms with Crippen molar-refractivity contribution in [2.45, 2.75) is 57.2 Å². The first-order valence-electron chi connectivity index (χ1n) is 8.81. The van der Waals surface area contributed by atoms with Gasteiger partial charge >= 0.3 is 0 Å². The Bertz CT molecular complexity index is 610. The molecule has 2 fully saturated rings. The van der Waals surface area contributed by atoms with Gasteiger partial charge in [0, 0.05) is 13.1 Å². The third-order valence-electron chi connectivity index (χ3n) is 5.20. The Hall–Kier alpha value is -1.88. The highest BCUT2D eigenvalue weighted by atomic mass is 16.5. The van der Waals surface area contributed by atoms with E-state index in [-0.39, 0.29) is 30.5 Å². The summed E-state index contributed by atoms with van der Waals surface area (Å²) in [7, 11) is 1.75. The Morgan fingerprint density at radius 1 is 1.21 bits per heavy atom. The summed E-state index contributed by atoms with van der Waals surface area (Å²) in [6.45, 7) is 1.96.